The second-order valence-corrected chi connectivity index (χ2v) is 5.17. The highest BCUT2D eigenvalue weighted by molar-refractivity contribution is 8.00. The van der Waals surface area contributed by atoms with Crippen LogP contribution in [0.25, 0.3) is 0 Å². The molecule has 2 unspecified atom stereocenters. The second kappa shape index (κ2) is 6.67. The van der Waals surface area contributed by atoms with Gasteiger partial charge < -0.3 is 9.84 Å². The minimum atomic E-state index is 0.127. The third-order valence-electron chi connectivity index (χ3n) is 2.77. The van der Waals surface area contributed by atoms with Crippen LogP contribution in [0.3, 0.4) is 0 Å². The lowest BCUT2D eigenvalue weighted by Gasteiger charge is -2.37. The van der Waals surface area contributed by atoms with Gasteiger partial charge in [0.2, 0.25) is 0 Å². The van der Waals surface area contributed by atoms with Gasteiger partial charge in [-0.3, -0.25) is 4.90 Å². The Morgan fingerprint density at radius 2 is 2.21 bits per heavy atom. The first kappa shape index (κ1) is 12.3. The Balaban J connectivity index is 2.15. The Kier molecular flexibility index (Phi) is 5.86. The molecule has 1 fully saturated rings. The van der Waals surface area contributed by atoms with Gasteiger partial charge in [-0.15, -0.1) is 0 Å². The fourth-order valence-corrected chi connectivity index (χ4v) is 2.82. The lowest BCUT2D eigenvalue weighted by molar-refractivity contribution is 0.0658. The van der Waals surface area contributed by atoms with E-state index in [1.165, 1.54) is 12.3 Å². The summed E-state index contributed by atoms with van der Waals surface area (Å²) in [4.78, 5) is 2.47. The minimum absolute atomic E-state index is 0.127. The molecule has 3 nitrogen and oxygen atoms in total. The summed E-state index contributed by atoms with van der Waals surface area (Å²) < 4.78 is 5.27. The van der Waals surface area contributed by atoms with E-state index in [0.717, 1.165) is 18.4 Å². The summed E-state index contributed by atoms with van der Waals surface area (Å²) in [5.74, 6) is 1.23. The fraction of sp³-hybridized carbons (Fsp3) is 1.00. The van der Waals surface area contributed by atoms with Crippen LogP contribution in [0.2, 0.25) is 0 Å². The van der Waals surface area contributed by atoms with Crippen LogP contribution in [0, 0.1) is 0 Å². The molecule has 0 saturated carbocycles. The molecule has 0 amide bonds. The van der Waals surface area contributed by atoms with Crippen LogP contribution in [0.4, 0.5) is 0 Å². The molecule has 0 aromatic carbocycles. The number of nitrogens with zero attached hydrogens (tertiary/aromatic N) is 1. The van der Waals surface area contributed by atoms with Gasteiger partial charge in [0.25, 0.3) is 0 Å². The normalized spacial score (nSPS) is 29.4. The third-order valence-corrected chi connectivity index (χ3v) is 4.11. The SMILES string of the molecule is CC1SCCN(CCOCCO)C1C. The monoisotopic (exact) mass is 219 g/mol. The molecule has 1 heterocycles. The molecule has 1 rings (SSSR count). The Morgan fingerprint density at radius 1 is 1.43 bits per heavy atom. The Morgan fingerprint density at radius 3 is 2.93 bits per heavy atom. The van der Waals surface area contributed by atoms with E-state index in [4.69, 9.17) is 9.84 Å². The van der Waals surface area contributed by atoms with Crippen molar-refractivity contribution in [2.45, 2.75) is 25.1 Å². The first-order chi connectivity index (χ1) is 6.75. The van der Waals surface area contributed by atoms with Crippen LogP contribution in [-0.2, 0) is 4.74 Å². The van der Waals surface area contributed by atoms with Gasteiger partial charge in [-0.05, 0) is 6.92 Å². The van der Waals surface area contributed by atoms with Gasteiger partial charge in [0.05, 0.1) is 19.8 Å². The molecule has 1 saturated heterocycles. The smallest absolute Gasteiger partial charge is 0.0698 e. The number of rotatable bonds is 5. The van der Waals surface area contributed by atoms with E-state index < -0.39 is 0 Å². The van der Waals surface area contributed by atoms with Gasteiger partial charge in [0.1, 0.15) is 0 Å². The number of ether oxygens (including phenoxy) is 1. The molecule has 2 atom stereocenters. The highest BCUT2D eigenvalue weighted by atomic mass is 32.2. The summed E-state index contributed by atoms with van der Waals surface area (Å²) in [5.41, 5.74) is 0. The predicted octanol–water partition coefficient (Wildman–Crippen LogP) is 0.821. The van der Waals surface area contributed by atoms with Crippen LogP contribution in [0.1, 0.15) is 13.8 Å². The van der Waals surface area contributed by atoms with E-state index in [1.54, 1.807) is 0 Å². The van der Waals surface area contributed by atoms with E-state index in [9.17, 15) is 0 Å². The number of aliphatic hydroxyl groups excluding tert-OH is 1. The van der Waals surface area contributed by atoms with E-state index in [1.807, 2.05) is 0 Å². The maximum absolute atomic E-state index is 8.56. The molecular formula is C10H21NO2S. The summed E-state index contributed by atoms with van der Waals surface area (Å²) >= 11 is 2.05. The molecule has 0 bridgehead atoms. The molecule has 1 N–H and O–H groups in total. The quantitative estimate of drug-likeness (QED) is 0.694. The van der Waals surface area contributed by atoms with Crippen molar-refractivity contribution in [3.63, 3.8) is 0 Å². The zero-order valence-corrected chi connectivity index (χ0v) is 9.92. The Bertz CT molecular complexity index is 157. The van der Waals surface area contributed by atoms with E-state index >= 15 is 0 Å². The van der Waals surface area contributed by atoms with Gasteiger partial charge in [0.15, 0.2) is 0 Å². The van der Waals surface area contributed by atoms with Gasteiger partial charge in [-0.25, -0.2) is 0 Å². The van der Waals surface area contributed by atoms with Gasteiger partial charge in [-0.1, -0.05) is 6.92 Å². The summed E-state index contributed by atoms with van der Waals surface area (Å²) in [6, 6.07) is 0.645. The molecule has 84 valence electrons. The first-order valence-corrected chi connectivity index (χ1v) is 6.35. The topological polar surface area (TPSA) is 32.7 Å². The van der Waals surface area contributed by atoms with Crippen molar-refractivity contribution < 1.29 is 9.84 Å². The van der Waals surface area contributed by atoms with Gasteiger partial charge in [-0.2, -0.15) is 11.8 Å². The molecule has 1 aliphatic rings. The van der Waals surface area contributed by atoms with Gasteiger partial charge in [0, 0.05) is 30.1 Å². The first-order valence-electron chi connectivity index (χ1n) is 5.30. The standard InChI is InChI=1S/C10H21NO2S/c1-9-10(2)14-8-4-11(9)3-6-13-7-5-12/h9-10,12H,3-8H2,1-2H3. The van der Waals surface area contributed by atoms with Crippen molar-refractivity contribution in [3.05, 3.63) is 0 Å². The predicted molar refractivity (Wildman–Crippen MR) is 60.9 cm³/mol. The van der Waals surface area contributed by atoms with Crippen LogP contribution >= 0.6 is 11.8 Å². The number of hydrogen-bond acceptors (Lipinski definition) is 4. The highest BCUT2D eigenvalue weighted by Crippen LogP contribution is 2.23. The lowest BCUT2D eigenvalue weighted by Crippen LogP contribution is -2.46. The van der Waals surface area contributed by atoms with Crippen LogP contribution in [0.5, 0.6) is 0 Å². The summed E-state index contributed by atoms with van der Waals surface area (Å²) in [6.45, 7) is 8.06. The third kappa shape index (κ3) is 3.77. The minimum Gasteiger partial charge on any atom is -0.394 e. The molecular weight excluding hydrogens is 198 g/mol. The molecule has 4 heteroatoms. The molecule has 1 aliphatic heterocycles. The van der Waals surface area contributed by atoms with Gasteiger partial charge >= 0.3 is 0 Å². The molecule has 0 radical (unpaired) electrons. The zero-order valence-electron chi connectivity index (χ0n) is 9.11. The van der Waals surface area contributed by atoms with Crippen LogP contribution in [0.15, 0.2) is 0 Å². The van der Waals surface area contributed by atoms with E-state index in [2.05, 4.69) is 30.5 Å². The Labute approximate surface area is 90.8 Å². The van der Waals surface area contributed by atoms with E-state index in [0.29, 0.717) is 12.6 Å². The van der Waals surface area contributed by atoms with Crippen molar-refractivity contribution in [1.82, 2.24) is 4.90 Å². The fourth-order valence-electron chi connectivity index (χ4n) is 1.66. The second-order valence-electron chi connectivity index (χ2n) is 3.69. The van der Waals surface area contributed by atoms with Crippen molar-refractivity contribution in [2.75, 3.05) is 38.7 Å². The highest BCUT2D eigenvalue weighted by Gasteiger charge is 2.24. The lowest BCUT2D eigenvalue weighted by atomic mass is 10.2. The van der Waals surface area contributed by atoms with Crippen molar-refractivity contribution >= 4 is 11.8 Å². The summed E-state index contributed by atoms with van der Waals surface area (Å²) in [7, 11) is 0. The zero-order chi connectivity index (χ0) is 10.4. The van der Waals surface area contributed by atoms with E-state index in [-0.39, 0.29) is 6.61 Å². The number of hydrogen-bond donors (Lipinski definition) is 1. The Hall–Kier alpha value is 0.230. The molecule has 0 aromatic heterocycles. The van der Waals surface area contributed by atoms with Crippen molar-refractivity contribution in [3.8, 4) is 0 Å². The molecule has 0 aromatic rings. The van der Waals surface area contributed by atoms with Crippen LogP contribution < -0.4 is 0 Å². The number of thioether (sulfide) groups is 1. The molecule has 0 spiro atoms. The molecule has 14 heavy (non-hydrogen) atoms. The van der Waals surface area contributed by atoms with Crippen LogP contribution in [-0.4, -0.2) is 60.0 Å². The maximum Gasteiger partial charge on any atom is 0.0698 e. The summed E-state index contributed by atoms with van der Waals surface area (Å²) in [5, 5.41) is 9.28. The van der Waals surface area contributed by atoms with Crippen molar-refractivity contribution in [2.24, 2.45) is 0 Å². The molecule has 0 aliphatic carbocycles. The average Bonchev–Trinajstić information content (AvgIpc) is 2.19. The summed E-state index contributed by atoms with van der Waals surface area (Å²) in [6.07, 6.45) is 0. The average molecular weight is 219 g/mol. The van der Waals surface area contributed by atoms with Crippen molar-refractivity contribution in [1.29, 1.82) is 0 Å². The largest absolute Gasteiger partial charge is 0.394 e. The maximum atomic E-state index is 8.56. The number of aliphatic hydroxyl groups is 1.